The summed E-state index contributed by atoms with van der Waals surface area (Å²) in [5.74, 6) is 0.889. The lowest BCUT2D eigenvalue weighted by atomic mass is 10.0. The van der Waals surface area contributed by atoms with Crippen molar-refractivity contribution in [3.63, 3.8) is 0 Å². The molecule has 0 aliphatic rings. The minimum absolute atomic E-state index is 0.298. The zero-order chi connectivity index (χ0) is 14.3. The predicted octanol–water partition coefficient (Wildman–Crippen LogP) is 5.72. The third-order valence-corrected chi connectivity index (χ3v) is 4.80. The van der Waals surface area contributed by atoms with E-state index in [9.17, 15) is 0 Å². The van der Waals surface area contributed by atoms with Crippen LogP contribution in [0.4, 0.5) is 5.82 Å². The molecule has 102 valence electrons. The standard InChI is InChI=1S/C13H7BrCl2N2OS/c14-10-3-6(5-20-10)12-11(13(17)18-19-12)8-2-1-7(15)4-9(8)16/h1-5H,(H2,17,18). The van der Waals surface area contributed by atoms with E-state index in [-0.39, 0.29) is 0 Å². The van der Waals surface area contributed by atoms with Crippen LogP contribution in [0.3, 0.4) is 0 Å². The molecule has 0 amide bonds. The minimum Gasteiger partial charge on any atom is -0.380 e. The van der Waals surface area contributed by atoms with Gasteiger partial charge in [0.2, 0.25) is 0 Å². The second-order valence-electron chi connectivity index (χ2n) is 4.04. The number of rotatable bonds is 2. The molecule has 3 aromatic rings. The van der Waals surface area contributed by atoms with Gasteiger partial charge in [-0.25, -0.2) is 0 Å². The van der Waals surface area contributed by atoms with Crippen LogP contribution in [-0.2, 0) is 0 Å². The van der Waals surface area contributed by atoms with Gasteiger partial charge in [0.1, 0.15) is 0 Å². The summed E-state index contributed by atoms with van der Waals surface area (Å²) >= 11 is 17.1. The van der Waals surface area contributed by atoms with E-state index >= 15 is 0 Å². The van der Waals surface area contributed by atoms with E-state index in [0.29, 0.717) is 27.2 Å². The number of hydrogen-bond acceptors (Lipinski definition) is 4. The average molecular weight is 390 g/mol. The van der Waals surface area contributed by atoms with Crippen LogP contribution in [-0.4, -0.2) is 5.16 Å². The van der Waals surface area contributed by atoms with Crippen molar-refractivity contribution < 1.29 is 4.52 Å². The van der Waals surface area contributed by atoms with E-state index in [1.165, 1.54) is 0 Å². The van der Waals surface area contributed by atoms with Crippen molar-refractivity contribution in [1.82, 2.24) is 5.16 Å². The molecule has 0 unspecified atom stereocenters. The van der Waals surface area contributed by atoms with Gasteiger partial charge in [-0.1, -0.05) is 34.4 Å². The Hall–Kier alpha value is -1.01. The van der Waals surface area contributed by atoms with E-state index in [4.69, 9.17) is 33.5 Å². The van der Waals surface area contributed by atoms with Crippen molar-refractivity contribution in [3.8, 4) is 22.5 Å². The van der Waals surface area contributed by atoms with Crippen LogP contribution in [0.2, 0.25) is 10.0 Å². The molecular formula is C13H7BrCl2N2OS. The SMILES string of the molecule is Nc1noc(-c2csc(Br)c2)c1-c1ccc(Cl)cc1Cl. The van der Waals surface area contributed by atoms with E-state index in [0.717, 1.165) is 14.9 Å². The number of benzene rings is 1. The van der Waals surface area contributed by atoms with Gasteiger partial charge < -0.3 is 10.3 Å². The minimum atomic E-state index is 0.298. The number of nitrogen functional groups attached to an aromatic ring is 1. The van der Waals surface area contributed by atoms with Crippen molar-refractivity contribution in [1.29, 1.82) is 0 Å². The number of aromatic nitrogens is 1. The van der Waals surface area contributed by atoms with Gasteiger partial charge in [-0.05, 0) is 34.1 Å². The topological polar surface area (TPSA) is 52.0 Å². The smallest absolute Gasteiger partial charge is 0.177 e. The van der Waals surface area contributed by atoms with E-state index < -0.39 is 0 Å². The first-order valence-corrected chi connectivity index (χ1v) is 7.94. The van der Waals surface area contributed by atoms with Crippen molar-refractivity contribution in [2.45, 2.75) is 0 Å². The Morgan fingerprint density at radius 2 is 2.05 bits per heavy atom. The number of thiophene rings is 1. The highest BCUT2D eigenvalue weighted by Crippen LogP contribution is 2.42. The molecule has 0 saturated heterocycles. The molecule has 0 fully saturated rings. The lowest BCUT2D eigenvalue weighted by Gasteiger charge is -2.04. The van der Waals surface area contributed by atoms with Crippen LogP contribution in [0, 0.1) is 0 Å². The van der Waals surface area contributed by atoms with Gasteiger partial charge in [-0.2, -0.15) is 0 Å². The van der Waals surface area contributed by atoms with Crippen LogP contribution < -0.4 is 5.73 Å². The summed E-state index contributed by atoms with van der Waals surface area (Å²) in [6, 6.07) is 7.16. The maximum absolute atomic E-state index is 6.24. The summed E-state index contributed by atoms with van der Waals surface area (Å²) in [6.07, 6.45) is 0. The van der Waals surface area contributed by atoms with Gasteiger partial charge in [0.25, 0.3) is 0 Å². The maximum Gasteiger partial charge on any atom is 0.177 e. The third-order valence-electron chi connectivity index (χ3n) is 2.75. The molecule has 3 nitrogen and oxygen atoms in total. The first-order chi connectivity index (χ1) is 9.56. The monoisotopic (exact) mass is 388 g/mol. The quantitative estimate of drug-likeness (QED) is 0.609. The summed E-state index contributed by atoms with van der Waals surface area (Å²) < 4.78 is 6.35. The van der Waals surface area contributed by atoms with Gasteiger partial charge in [0.05, 0.1) is 14.4 Å². The molecule has 7 heteroatoms. The van der Waals surface area contributed by atoms with Gasteiger partial charge in [-0.3, -0.25) is 0 Å². The molecule has 2 heterocycles. The molecule has 0 atom stereocenters. The van der Waals surface area contributed by atoms with Crippen molar-refractivity contribution >= 4 is 56.3 Å². The maximum atomic E-state index is 6.24. The Balaban J connectivity index is 2.21. The van der Waals surface area contributed by atoms with Crippen molar-refractivity contribution in [3.05, 3.63) is 43.5 Å². The van der Waals surface area contributed by atoms with Gasteiger partial charge in [0.15, 0.2) is 11.6 Å². The highest BCUT2D eigenvalue weighted by Gasteiger charge is 2.20. The second-order valence-corrected chi connectivity index (χ2v) is 7.17. The Bertz CT molecular complexity index is 785. The fourth-order valence-corrected chi connectivity index (χ4v) is 3.52. The Morgan fingerprint density at radius 3 is 2.70 bits per heavy atom. The first kappa shape index (κ1) is 13.9. The Labute approximate surface area is 137 Å². The lowest BCUT2D eigenvalue weighted by Crippen LogP contribution is -1.89. The molecule has 0 spiro atoms. The molecule has 0 aliphatic heterocycles. The fourth-order valence-electron chi connectivity index (χ4n) is 1.88. The molecular weight excluding hydrogens is 383 g/mol. The molecule has 0 aliphatic carbocycles. The molecule has 3 rings (SSSR count). The van der Waals surface area contributed by atoms with Crippen LogP contribution in [0.5, 0.6) is 0 Å². The third kappa shape index (κ3) is 2.46. The number of hydrogen-bond donors (Lipinski definition) is 1. The van der Waals surface area contributed by atoms with Crippen LogP contribution in [0.25, 0.3) is 22.5 Å². The highest BCUT2D eigenvalue weighted by molar-refractivity contribution is 9.11. The van der Waals surface area contributed by atoms with Crippen LogP contribution in [0.1, 0.15) is 0 Å². The number of anilines is 1. The summed E-state index contributed by atoms with van der Waals surface area (Å²) in [5, 5.41) is 6.86. The second kappa shape index (κ2) is 5.41. The lowest BCUT2D eigenvalue weighted by molar-refractivity contribution is 0.436. The van der Waals surface area contributed by atoms with Crippen LogP contribution in [0.15, 0.2) is 38.0 Å². The van der Waals surface area contributed by atoms with Gasteiger partial charge in [-0.15, -0.1) is 11.3 Å². The van der Waals surface area contributed by atoms with Crippen molar-refractivity contribution in [2.24, 2.45) is 0 Å². The van der Waals surface area contributed by atoms with Gasteiger partial charge in [0, 0.05) is 21.5 Å². The number of nitrogens with two attached hydrogens (primary N) is 1. The highest BCUT2D eigenvalue weighted by atomic mass is 79.9. The summed E-state index contributed by atoms with van der Waals surface area (Å²) in [7, 11) is 0. The summed E-state index contributed by atoms with van der Waals surface area (Å²) in [4.78, 5) is 0. The molecule has 0 saturated carbocycles. The number of nitrogens with zero attached hydrogens (tertiary/aromatic N) is 1. The molecule has 1 aromatic carbocycles. The molecule has 0 radical (unpaired) electrons. The molecule has 20 heavy (non-hydrogen) atoms. The average Bonchev–Trinajstić information content (AvgIpc) is 2.96. The zero-order valence-corrected chi connectivity index (χ0v) is 13.8. The van der Waals surface area contributed by atoms with E-state index in [1.54, 1.807) is 29.5 Å². The predicted molar refractivity (Wildman–Crippen MR) is 87.4 cm³/mol. The summed E-state index contributed by atoms with van der Waals surface area (Å²) in [6.45, 7) is 0. The fraction of sp³-hybridized carbons (Fsp3) is 0. The number of halogens is 3. The van der Waals surface area contributed by atoms with E-state index in [1.807, 2.05) is 11.4 Å². The molecule has 2 N–H and O–H groups in total. The largest absolute Gasteiger partial charge is 0.380 e. The Kier molecular flexibility index (Phi) is 3.77. The molecule has 0 bridgehead atoms. The van der Waals surface area contributed by atoms with E-state index in [2.05, 4.69) is 21.1 Å². The Morgan fingerprint density at radius 1 is 1.25 bits per heavy atom. The van der Waals surface area contributed by atoms with Crippen LogP contribution >= 0.6 is 50.5 Å². The normalized spacial score (nSPS) is 10.9. The molecule has 2 aromatic heterocycles. The summed E-state index contributed by atoms with van der Waals surface area (Å²) in [5.41, 5.74) is 8.24. The van der Waals surface area contributed by atoms with Gasteiger partial charge >= 0.3 is 0 Å². The first-order valence-electron chi connectivity index (χ1n) is 5.51. The zero-order valence-electron chi connectivity index (χ0n) is 9.86. The van der Waals surface area contributed by atoms with Crippen molar-refractivity contribution in [2.75, 3.05) is 5.73 Å².